The van der Waals surface area contributed by atoms with Crippen molar-refractivity contribution in [3.63, 3.8) is 0 Å². The van der Waals surface area contributed by atoms with Gasteiger partial charge < -0.3 is 14.1 Å². The molecule has 0 fully saturated rings. The number of fused-ring (bicyclic) bond motifs is 2. The molecular formula is C19H16N2O5. The summed E-state index contributed by atoms with van der Waals surface area (Å²) < 4.78 is 11.3. The number of oxazole rings is 1. The molecule has 0 bridgehead atoms. The van der Waals surface area contributed by atoms with E-state index < -0.39 is 11.7 Å². The molecule has 0 unspecified atom stereocenters. The van der Waals surface area contributed by atoms with Crippen LogP contribution in [0.3, 0.4) is 0 Å². The van der Waals surface area contributed by atoms with Gasteiger partial charge in [-0.25, -0.2) is 4.79 Å². The summed E-state index contributed by atoms with van der Waals surface area (Å²) in [6, 6.07) is 14.5. The minimum Gasteiger partial charge on any atom is -0.454 e. The first-order valence-electron chi connectivity index (χ1n) is 8.26. The van der Waals surface area contributed by atoms with Gasteiger partial charge in [-0.3, -0.25) is 14.2 Å². The fourth-order valence-electron chi connectivity index (χ4n) is 3.16. The second-order valence-corrected chi connectivity index (χ2v) is 6.01. The normalized spacial score (nSPS) is 13.0. The second-order valence-electron chi connectivity index (χ2n) is 6.01. The first kappa shape index (κ1) is 16.1. The summed E-state index contributed by atoms with van der Waals surface area (Å²) in [6.07, 6.45) is 0.784. The van der Waals surface area contributed by atoms with Gasteiger partial charge in [0.25, 0.3) is 5.91 Å². The van der Waals surface area contributed by atoms with Crippen molar-refractivity contribution in [2.45, 2.75) is 13.0 Å². The Hall–Kier alpha value is -3.35. The van der Waals surface area contributed by atoms with Crippen molar-refractivity contribution < 1.29 is 18.7 Å². The first-order chi connectivity index (χ1) is 12.6. The number of aromatic nitrogens is 1. The van der Waals surface area contributed by atoms with Crippen LogP contribution < -0.4 is 10.7 Å². The molecule has 4 rings (SSSR count). The third-order valence-electron chi connectivity index (χ3n) is 4.41. The van der Waals surface area contributed by atoms with Crippen LogP contribution in [0.1, 0.15) is 5.56 Å². The van der Waals surface area contributed by atoms with Crippen molar-refractivity contribution in [3.05, 3.63) is 64.6 Å². The maximum absolute atomic E-state index is 12.4. The molecule has 0 N–H and O–H groups in total. The summed E-state index contributed by atoms with van der Waals surface area (Å²) >= 11 is 0. The predicted octanol–water partition coefficient (Wildman–Crippen LogP) is 1.73. The SMILES string of the molecule is O=C(Cn1c(=O)oc2ccccc21)OCC(=O)N1CCc2ccccc21. The number of esters is 1. The third-order valence-corrected chi connectivity index (χ3v) is 4.41. The summed E-state index contributed by atoms with van der Waals surface area (Å²) in [6.45, 7) is -0.0982. The maximum atomic E-state index is 12.4. The van der Waals surface area contributed by atoms with Gasteiger partial charge in [-0.2, -0.15) is 0 Å². The Labute approximate surface area is 148 Å². The molecule has 2 heterocycles. The molecule has 0 radical (unpaired) electrons. The van der Waals surface area contributed by atoms with Crippen molar-refractivity contribution in [1.82, 2.24) is 4.57 Å². The highest BCUT2D eigenvalue weighted by molar-refractivity contribution is 5.97. The number of para-hydroxylation sites is 3. The van der Waals surface area contributed by atoms with E-state index in [4.69, 9.17) is 9.15 Å². The summed E-state index contributed by atoms with van der Waals surface area (Å²) in [5.41, 5.74) is 2.86. The maximum Gasteiger partial charge on any atom is 0.420 e. The molecule has 0 spiro atoms. The van der Waals surface area contributed by atoms with Crippen molar-refractivity contribution >= 4 is 28.7 Å². The Kier molecular flexibility index (Phi) is 4.04. The van der Waals surface area contributed by atoms with Gasteiger partial charge in [-0.05, 0) is 30.2 Å². The summed E-state index contributed by atoms with van der Waals surface area (Å²) in [5, 5.41) is 0. The number of carbonyl (C=O) groups excluding carboxylic acids is 2. The largest absolute Gasteiger partial charge is 0.454 e. The Morgan fingerprint density at radius 2 is 1.85 bits per heavy atom. The molecule has 0 saturated heterocycles. The number of hydrogen-bond donors (Lipinski definition) is 0. The highest BCUT2D eigenvalue weighted by Crippen LogP contribution is 2.27. The average Bonchev–Trinajstić information content (AvgIpc) is 3.21. The molecule has 1 aliphatic heterocycles. The molecular weight excluding hydrogens is 336 g/mol. The molecule has 26 heavy (non-hydrogen) atoms. The summed E-state index contributed by atoms with van der Waals surface area (Å²) in [7, 11) is 0. The second kappa shape index (κ2) is 6.51. The molecule has 0 atom stereocenters. The highest BCUT2D eigenvalue weighted by Gasteiger charge is 2.25. The van der Waals surface area contributed by atoms with Crippen LogP contribution in [0.25, 0.3) is 11.1 Å². The smallest absolute Gasteiger partial charge is 0.420 e. The van der Waals surface area contributed by atoms with Crippen molar-refractivity contribution in [2.75, 3.05) is 18.1 Å². The zero-order chi connectivity index (χ0) is 18.1. The third kappa shape index (κ3) is 2.88. The Balaban J connectivity index is 1.41. The van der Waals surface area contributed by atoms with E-state index in [-0.39, 0.29) is 19.1 Å². The number of nitrogens with zero attached hydrogens (tertiary/aromatic N) is 2. The van der Waals surface area contributed by atoms with E-state index in [2.05, 4.69) is 0 Å². The number of amides is 1. The zero-order valence-corrected chi connectivity index (χ0v) is 13.9. The molecule has 7 nitrogen and oxygen atoms in total. The molecule has 7 heteroatoms. The fourth-order valence-corrected chi connectivity index (χ4v) is 3.16. The van der Waals surface area contributed by atoms with Gasteiger partial charge >= 0.3 is 11.7 Å². The standard InChI is InChI=1S/C19H16N2O5/c22-17(20-10-9-13-5-1-2-6-14(13)20)12-25-18(23)11-21-15-7-3-4-8-16(15)26-19(21)24/h1-8H,9-12H2. The Morgan fingerprint density at radius 1 is 1.08 bits per heavy atom. The number of ether oxygens (including phenoxy) is 1. The van der Waals surface area contributed by atoms with Crippen molar-refractivity contribution in [3.8, 4) is 0 Å². The Bertz CT molecular complexity index is 1050. The molecule has 132 valence electrons. The van der Waals surface area contributed by atoms with Gasteiger partial charge in [-0.15, -0.1) is 0 Å². The van der Waals surface area contributed by atoms with Crippen LogP contribution in [0.15, 0.2) is 57.7 Å². The van der Waals surface area contributed by atoms with Gasteiger partial charge in [0.15, 0.2) is 12.2 Å². The van der Waals surface area contributed by atoms with E-state index in [0.29, 0.717) is 17.6 Å². The lowest BCUT2D eigenvalue weighted by molar-refractivity contribution is -0.148. The molecule has 0 aliphatic carbocycles. The fraction of sp³-hybridized carbons (Fsp3) is 0.211. The predicted molar refractivity (Wildman–Crippen MR) is 93.9 cm³/mol. The van der Waals surface area contributed by atoms with Crippen molar-refractivity contribution in [2.24, 2.45) is 0 Å². The molecule has 2 aromatic carbocycles. The van der Waals surface area contributed by atoms with Crippen LogP contribution in [0.2, 0.25) is 0 Å². The van der Waals surface area contributed by atoms with E-state index in [9.17, 15) is 14.4 Å². The van der Waals surface area contributed by atoms with Crippen LogP contribution in [0.5, 0.6) is 0 Å². The van der Waals surface area contributed by atoms with Gasteiger partial charge in [0.2, 0.25) is 0 Å². The number of hydrogen-bond acceptors (Lipinski definition) is 5. The van der Waals surface area contributed by atoms with Crippen LogP contribution in [0, 0.1) is 0 Å². The zero-order valence-electron chi connectivity index (χ0n) is 13.9. The van der Waals surface area contributed by atoms with E-state index in [1.807, 2.05) is 24.3 Å². The first-order valence-corrected chi connectivity index (χ1v) is 8.26. The van der Waals surface area contributed by atoms with Gasteiger partial charge in [0, 0.05) is 12.2 Å². The number of carbonyl (C=O) groups is 2. The van der Waals surface area contributed by atoms with Gasteiger partial charge in [-0.1, -0.05) is 30.3 Å². The lowest BCUT2D eigenvalue weighted by Gasteiger charge is -2.17. The molecule has 0 saturated carbocycles. The molecule has 3 aromatic rings. The van der Waals surface area contributed by atoms with E-state index >= 15 is 0 Å². The monoisotopic (exact) mass is 352 g/mol. The lowest BCUT2D eigenvalue weighted by atomic mass is 10.2. The number of benzene rings is 2. The lowest BCUT2D eigenvalue weighted by Crippen LogP contribution is -2.34. The molecule has 1 aromatic heterocycles. The summed E-state index contributed by atoms with van der Waals surface area (Å²) in [4.78, 5) is 37.9. The minimum atomic E-state index is -0.667. The van der Waals surface area contributed by atoms with Crippen LogP contribution in [-0.4, -0.2) is 29.6 Å². The van der Waals surface area contributed by atoms with E-state index in [0.717, 1.165) is 17.7 Å². The topological polar surface area (TPSA) is 81.7 Å². The minimum absolute atomic E-state index is 0.285. The molecule has 1 amide bonds. The number of anilines is 1. The van der Waals surface area contributed by atoms with Crippen LogP contribution in [-0.2, 0) is 27.3 Å². The van der Waals surface area contributed by atoms with E-state index in [1.165, 1.54) is 4.57 Å². The number of rotatable bonds is 4. The van der Waals surface area contributed by atoms with Crippen LogP contribution in [0.4, 0.5) is 5.69 Å². The van der Waals surface area contributed by atoms with Gasteiger partial charge in [0.1, 0.15) is 6.54 Å². The quantitative estimate of drug-likeness (QED) is 0.668. The Morgan fingerprint density at radius 3 is 2.73 bits per heavy atom. The van der Waals surface area contributed by atoms with E-state index in [1.54, 1.807) is 29.2 Å². The van der Waals surface area contributed by atoms with Crippen LogP contribution >= 0.6 is 0 Å². The van der Waals surface area contributed by atoms with Crippen molar-refractivity contribution in [1.29, 1.82) is 0 Å². The molecule has 1 aliphatic rings. The van der Waals surface area contributed by atoms with Gasteiger partial charge in [0.05, 0.1) is 5.52 Å². The highest BCUT2D eigenvalue weighted by atomic mass is 16.5. The average molecular weight is 352 g/mol. The summed E-state index contributed by atoms with van der Waals surface area (Å²) in [5.74, 6) is -1.59.